The van der Waals surface area contributed by atoms with E-state index in [-0.39, 0.29) is 11.8 Å². The van der Waals surface area contributed by atoms with E-state index in [9.17, 15) is 9.59 Å². The number of hydrogen-bond acceptors (Lipinski definition) is 2. The molecule has 28 heavy (non-hydrogen) atoms. The van der Waals surface area contributed by atoms with E-state index in [0.717, 1.165) is 30.6 Å². The number of unbranched alkanes of at least 4 members (excludes halogenated alkanes) is 10. The molecule has 0 heterocycles. The minimum Gasteiger partial charge on any atom is -0.326 e. The number of benzene rings is 1. The second-order valence-corrected chi connectivity index (χ2v) is 7.71. The standard InChI is InChI=1S/C24H40N2O2/c1-3-5-6-7-8-9-10-11-12-13-14-19-24(28)26-22-18-15-17-21(20-22)25-23(27)16-4-2/h15,17-18,20H,3-14,16,19H2,1-2H3,(H,25,27)(H,26,28). The first-order chi connectivity index (χ1) is 13.7. The van der Waals surface area contributed by atoms with Gasteiger partial charge in [-0.05, 0) is 31.0 Å². The summed E-state index contributed by atoms with van der Waals surface area (Å²) in [6.45, 7) is 4.23. The van der Waals surface area contributed by atoms with Gasteiger partial charge >= 0.3 is 0 Å². The van der Waals surface area contributed by atoms with Gasteiger partial charge in [0.25, 0.3) is 0 Å². The molecule has 0 aliphatic rings. The van der Waals surface area contributed by atoms with Crippen LogP contribution in [0.2, 0.25) is 0 Å². The lowest BCUT2D eigenvalue weighted by Crippen LogP contribution is -2.13. The molecule has 4 heteroatoms. The minimum absolute atomic E-state index is 0.00642. The highest BCUT2D eigenvalue weighted by molar-refractivity contribution is 5.94. The molecule has 0 saturated heterocycles. The topological polar surface area (TPSA) is 58.2 Å². The molecule has 0 bridgehead atoms. The molecule has 4 nitrogen and oxygen atoms in total. The maximum atomic E-state index is 12.1. The Balaban J connectivity index is 2.09. The monoisotopic (exact) mass is 388 g/mol. The zero-order chi connectivity index (χ0) is 20.5. The predicted molar refractivity (Wildman–Crippen MR) is 120 cm³/mol. The van der Waals surface area contributed by atoms with E-state index in [0.29, 0.717) is 12.8 Å². The van der Waals surface area contributed by atoms with Crippen LogP contribution in [0.1, 0.15) is 104 Å². The van der Waals surface area contributed by atoms with Crippen molar-refractivity contribution in [2.45, 2.75) is 104 Å². The number of anilines is 2. The van der Waals surface area contributed by atoms with Crippen molar-refractivity contribution in [3.63, 3.8) is 0 Å². The van der Waals surface area contributed by atoms with E-state index in [1.54, 1.807) is 0 Å². The van der Waals surface area contributed by atoms with E-state index in [2.05, 4.69) is 17.6 Å². The zero-order valence-corrected chi connectivity index (χ0v) is 18.0. The molecule has 0 spiro atoms. The molecule has 2 N–H and O–H groups in total. The Morgan fingerprint density at radius 3 is 1.61 bits per heavy atom. The molecule has 1 rings (SSSR count). The van der Waals surface area contributed by atoms with Crippen LogP contribution in [-0.4, -0.2) is 11.8 Å². The van der Waals surface area contributed by atoms with Gasteiger partial charge < -0.3 is 10.6 Å². The summed E-state index contributed by atoms with van der Waals surface area (Å²) in [4.78, 5) is 23.8. The number of hydrogen-bond donors (Lipinski definition) is 2. The number of amides is 2. The lowest BCUT2D eigenvalue weighted by Gasteiger charge is -2.09. The van der Waals surface area contributed by atoms with E-state index < -0.39 is 0 Å². The zero-order valence-electron chi connectivity index (χ0n) is 18.0. The van der Waals surface area contributed by atoms with Crippen LogP contribution in [0.25, 0.3) is 0 Å². The summed E-state index contributed by atoms with van der Waals surface area (Å²) in [7, 11) is 0. The molecule has 0 aromatic heterocycles. The second kappa shape index (κ2) is 16.1. The van der Waals surface area contributed by atoms with Crippen LogP contribution in [0.3, 0.4) is 0 Å². The molecular formula is C24H40N2O2. The van der Waals surface area contributed by atoms with Crippen molar-refractivity contribution in [1.29, 1.82) is 0 Å². The minimum atomic E-state index is 0.00642. The average molecular weight is 389 g/mol. The van der Waals surface area contributed by atoms with E-state index in [4.69, 9.17) is 0 Å². The van der Waals surface area contributed by atoms with Gasteiger partial charge in [-0.1, -0.05) is 84.1 Å². The van der Waals surface area contributed by atoms with Crippen LogP contribution in [0.4, 0.5) is 11.4 Å². The smallest absolute Gasteiger partial charge is 0.224 e. The second-order valence-electron chi connectivity index (χ2n) is 7.71. The molecule has 2 amide bonds. The van der Waals surface area contributed by atoms with Crippen molar-refractivity contribution in [3.05, 3.63) is 24.3 Å². The van der Waals surface area contributed by atoms with Gasteiger partial charge in [0.1, 0.15) is 0 Å². The predicted octanol–water partition coefficient (Wildman–Crippen LogP) is 7.06. The summed E-state index contributed by atoms with van der Waals surface area (Å²) in [5.74, 6) is 0.0555. The summed E-state index contributed by atoms with van der Waals surface area (Å²) >= 11 is 0. The normalized spacial score (nSPS) is 10.6. The SMILES string of the molecule is CCCCCCCCCCCCCC(=O)Nc1cccc(NC(=O)CCC)c1. The highest BCUT2D eigenvalue weighted by Gasteiger charge is 2.05. The lowest BCUT2D eigenvalue weighted by atomic mass is 10.1. The number of carbonyl (C=O) groups excluding carboxylic acids is 2. The van der Waals surface area contributed by atoms with E-state index in [1.807, 2.05) is 31.2 Å². The molecule has 1 aromatic rings. The van der Waals surface area contributed by atoms with Crippen molar-refractivity contribution in [3.8, 4) is 0 Å². The fraction of sp³-hybridized carbons (Fsp3) is 0.667. The van der Waals surface area contributed by atoms with Gasteiger partial charge in [0, 0.05) is 24.2 Å². The van der Waals surface area contributed by atoms with Gasteiger partial charge in [-0.15, -0.1) is 0 Å². The Labute approximate surface area is 171 Å². The third kappa shape index (κ3) is 12.5. The highest BCUT2D eigenvalue weighted by Crippen LogP contribution is 2.17. The fourth-order valence-corrected chi connectivity index (χ4v) is 3.30. The lowest BCUT2D eigenvalue weighted by molar-refractivity contribution is -0.117. The molecule has 0 saturated carbocycles. The van der Waals surface area contributed by atoms with E-state index >= 15 is 0 Å². The molecule has 0 aliphatic heterocycles. The molecule has 0 unspecified atom stereocenters. The van der Waals surface area contributed by atoms with E-state index in [1.165, 1.54) is 57.8 Å². The highest BCUT2D eigenvalue weighted by atomic mass is 16.2. The Morgan fingerprint density at radius 1 is 0.643 bits per heavy atom. The van der Waals surface area contributed by atoms with Crippen molar-refractivity contribution in [1.82, 2.24) is 0 Å². The first-order valence-corrected chi connectivity index (χ1v) is 11.4. The first kappa shape index (κ1) is 24.2. The van der Waals surface area contributed by atoms with Crippen LogP contribution in [0.5, 0.6) is 0 Å². The number of rotatable bonds is 16. The summed E-state index contributed by atoms with van der Waals surface area (Å²) in [6, 6.07) is 7.35. The van der Waals surface area contributed by atoms with Crippen molar-refractivity contribution >= 4 is 23.2 Å². The Kier molecular flexibility index (Phi) is 14.0. The fourth-order valence-electron chi connectivity index (χ4n) is 3.30. The van der Waals surface area contributed by atoms with Crippen LogP contribution in [0, 0.1) is 0 Å². The largest absolute Gasteiger partial charge is 0.326 e. The molecule has 0 aliphatic carbocycles. The molecule has 1 aromatic carbocycles. The molecule has 158 valence electrons. The van der Waals surface area contributed by atoms with Crippen molar-refractivity contribution < 1.29 is 9.59 Å². The van der Waals surface area contributed by atoms with Crippen LogP contribution in [-0.2, 0) is 9.59 Å². The van der Waals surface area contributed by atoms with Gasteiger partial charge in [-0.25, -0.2) is 0 Å². The van der Waals surface area contributed by atoms with Crippen molar-refractivity contribution in [2.24, 2.45) is 0 Å². The van der Waals surface area contributed by atoms with Gasteiger partial charge in [0.15, 0.2) is 0 Å². The summed E-state index contributed by atoms with van der Waals surface area (Å²) in [5.41, 5.74) is 1.47. The third-order valence-electron chi connectivity index (χ3n) is 4.91. The molecule has 0 fully saturated rings. The maximum absolute atomic E-state index is 12.1. The average Bonchev–Trinajstić information content (AvgIpc) is 2.66. The van der Waals surface area contributed by atoms with Crippen LogP contribution >= 0.6 is 0 Å². The van der Waals surface area contributed by atoms with Crippen molar-refractivity contribution in [2.75, 3.05) is 10.6 Å². The Bertz CT molecular complexity index is 557. The van der Waals surface area contributed by atoms with Gasteiger partial charge in [0.2, 0.25) is 11.8 Å². The maximum Gasteiger partial charge on any atom is 0.224 e. The molecular weight excluding hydrogens is 348 g/mol. The molecule has 0 radical (unpaired) electrons. The Morgan fingerprint density at radius 2 is 1.11 bits per heavy atom. The van der Waals surface area contributed by atoms with Gasteiger partial charge in [-0.3, -0.25) is 9.59 Å². The summed E-state index contributed by atoms with van der Waals surface area (Å²) in [6.07, 6.45) is 16.0. The molecule has 0 atom stereocenters. The summed E-state index contributed by atoms with van der Waals surface area (Å²) in [5, 5.41) is 5.79. The Hall–Kier alpha value is -1.84. The number of nitrogens with one attached hydrogen (secondary N) is 2. The quantitative estimate of drug-likeness (QED) is 0.298. The summed E-state index contributed by atoms with van der Waals surface area (Å²) < 4.78 is 0. The third-order valence-corrected chi connectivity index (χ3v) is 4.91. The van der Waals surface area contributed by atoms with Crippen LogP contribution in [0.15, 0.2) is 24.3 Å². The number of carbonyl (C=O) groups is 2. The first-order valence-electron chi connectivity index (χ1n) is 11.4. The van der Waals surface area contributed by atoms with Gasteiger partial charge in [0.05, 0.1) is 0 Å². The van der Waals surface area contributed by atoms with Crippen LogP contribution < -0.4 is 10.6 Å². The van der Waals surface area contributed by atoms with Gasteiger partial charge in [-0.2, -0.15) is 0 Å².